The highest BCUT2D eigenvalue weighted by atomic mass is 32.2. The number of benzene rings is 16. The number of para-hydroxylation sites is 1. The van der Waals surface area contributed by atoms with Gasteiger partial charge in [-0.2, -0.15) is 0 Å². The average molecular weight is 1630 g/mol. The third-order valence-electron chi connectivity index (χ3n) is 24.9. The Labute approximate surface area is 764 Å². The van der Waals surface area contributed by atoms with E-state index >= 15 is 0 Å². The van der Waals surface area contributed by atoms with E-state index in [4.69, 9.17) is 8.22 Å². The summed E-state index contributed by atoms with van der Waals surface area (Å²) < 4.78 is 258. The van der Waals surface area contributed by atoms with Crippen molar-refractivity contribution < 1.29 is 34.3 Å². The normalized spacial score (nSPS) is 16.4. The molecule has 123 heavy (non-hydrogen) atoms. The lowest BCUT2D eigenvalue weighted by Crippen LogP contribution is -2.64. The molecule has 0 aliphatic carbocycles. The maximum Gasteiger partial charge on any atom is 0.252 e. The van der Waals surface area contributed by atoms with Crippen molar-refractivity contribution in [1.29, 1.82) is 0 Å². The Balaban J connectivity index is 1.02. The van der Waals surface area contributed by atoms with Gasteiger partial charge >= 0.3 is 0 Å². The molecule has 6 heterocycles. The predicted octanol–water partition coefficient (Wildman–Crippen LogP) is 27.7. The molecule has 0 saturated carbocycles. The molecule has 596 valence electrons. The van der Waals surface area contributed by atoms with Crippen LogP contribution in [0.5, 0.6) is 0 Å². The Morgan fingerprint density at radius 2 is 0.724 bits per heavy atom. The van der Waals surface area contributed by atoms with Gasteiger partial charge in [-0.3, -0.25) is 0 Å². The summed E-state index contributed by atoms with van der Waals surface area (Å²) >= 11 is 1.28. The zero-order valence-corrected chi connectivity index (χ0v) is 72.0. The van der Waals surface area contributed by atoms with Gasteiger partial charge in [-0.15, -0.1) is 0 Å². The van der Waals surface area contributed by atoms with Crippen molar-refractivity contribution in [1.82, 2.24) is 9.13 Å². The van der Waals surface area contributed by atoms with Crippen LogP contribution in [-0.4, -0.2) is 22.6 Å². The number of nitrogens with zero attached hydrogens (tertiary/aromatic N) is 4. The highest BCUT2D eigenvalue weighted by molar-refractivity contribution is 8.00. The molecular weight excluding hydrogens is 1500 g/mol. The van der Waals surface area contributed by atoms with E-state index in [0.717, 1.165) is 50.1 Å². The maximum atomic E-state index is 12.4. The van der Waals surface area contributed by atoms with Crippen LogP contribution in [-0.2, 0) is 27.1 Å². The third-order valence-corrected chi connectivity index (χ3v) is 26.1. The molecule has 7 heteroatoms. The second-order valence-electron chi connectivity index (χ2n) is 38.0. The predicted molar refractivity (Wildman–Crippen MR) is 530 cm³/mol. The Morgan fingerprint density at radius 1 is 0.276 bits per heavy atom. The maximum absolute atomic E-state index is 12.4. The SMILES string of the molecule is [2H]c1c([2H])c([2H])c(-c2ccc3c(c2)B2c4c(cc5c(c4S3)N(c3c(-c4ccccc4)cc(C(C)(C)C)cc3-c3ccccc3)c3cc(C(C)(C)C)cc4c3B5c3c([2H])c([2H])c(-n5c6c([2H])c([2H])c(C(C)(C)C)c([2H])c6c6c([2H])c(C(C)(C)C)c([2H])c([2H])c65)c([2H])c3N4c3c(-c4ccccc4)cc(C(C)(C)C)cc3-c3ccccc3)-n3c4c([2H])c([2H])c(-c5c([2H])c([2H])c([2H])c([2H])c5[2H])c([2H])c4c4c([2H])c([2H])c([2H])c2c43)c([2H])c1[2H]. The van der Waals surface area contributed by atoms with Crippen LogP contribution in [0, 0.1) is 0 Å². The molecule has 0 bridgehead atoms. The Morgan fingerprint density at radius 3 is 1.23 bits per heavy atom. The summed E-state index contributed by atoms with van der Waals surface area (Å²) in [5.74, 6) is 0. The summed E-state index contributed by atoms with van der Waals surface area (Å²) in [5, 5.41) is -0.536. The van der Waals surface area contributed by atoms with Gasteiger partial charge in [0, 0.05) is 87.5 Å². The van der Waals surface area contributed by atoms with Crippen LogP contribution < -0.4 is 42.6 Å². The lowest BCUT2D eigenvalue weighted by molar-refractivity contribution is 0.590. The van der Waals surface area contributed by atoms with Gasteiger partial charge in [-0.05, 0) is 224 Å². The van der Waals surface area contributed by atoms with Crippen LogP contribution in [0.3, 0.4) is 0 Å². The average Bonchev–Trinajstić information content (AvgIpc) is 1.61. The molecule has 0 radical (unpaired) electrons. The molecule has 0 saturated heterocycles. The van der Waals surface area contributed by atoms with Gasteiger partial charge in [-0.25, -0.2) is 0 Å². The van der Waals surface area contributed by atoms with E-state index in [9.17, 15) is 26.0 Å². The smallest absolute Gasteiger partial charge is 0.252 e. The van der Waals surface area contributed by atoms with Crippen LogP contribution in [0.1, 0.15) is 166 Å². The van der Waals surface area contributed by atoms with Crippen LogP contribution in [0.15, 0.2) is 343 Å². The fourth-order valence-corrected chi connectivity index (χ4v) is 19.9. The minimum atomic E-state index is -1.44. The van der Waals surface area contributed by atoms with Crippen molar-refractivity contribution >= 4 is 136 Å². The third kappa shape index (κ3) is 12.2. The van der Waals surface area contributed by atoms with Crippen molar-refractivity contribution in [3.05, 3.63) is 361 Å². The molecule has 16 aromatic carbocycles. The van der Waals surface area contributed by atoms with Gasteiger partial charge in [0.15, 0.2) is 0 Å². The van der Waals surface area contributed by atoms with Crippen LogP contribution in [0.4, 0.5) is 34.1 Å². The van der Waals surface area contributed by atoms with E-state index in [-0.39, 0.29) is 112 Å². The molecule has 0 N–H and O–H groups in total. The first-order chi connectivity index (χ1) is 69.6. The Bertz CT molecular complexity index is 8760. The molecule has 0 unspecified atom stereocenters. The second-order valence-corrected chi connectivity index (χ2v) is 39.1. The van der Waals surface area contributed by atoms with Gasteiger partial charge in [-0.1, -0.05) is 357 Å². The zero-order chi connectivity index (χ0) is 106. The monoisotopic (exact) mass is 1630 g/mol. The molecule has 0 amide bonds. The number of hydrogen-bond donors (Lipinski definition) is 0. The summed E-state index contributed by atoms with van der Waals surface area (Å²) in [6.07, 6.45) is 0. The molecule has 0 fully saturated rings. The molecule has 4 nitrogen and oxygen atoms in total. The number of fused-ring (bicyclic) bond motifs is 15. The summed E-state index contributed by atoms with van der Waals surface area (Å²) in [4.78, 5) is 5.23. The highest BCUT2D eigenvalue weighted by Gasteiger charge is 2.51. The van der Waals surface area contributed by atoms with E-state index < -0.39 is 184 Å². The molecule has 4 aliphatic rings. The number of aromatic nitrogens is 2. The minimum Gasteiger partial charge on any atom is -0.310 e. The molecule has 0 atom stereocenters. The highest BCUT2D eigenvalue weighted by Crippen LogP contribution is 2.58. The van der Waals surface area contributed by atoms with E-state index in [1.54, 1.807) is 22.8 Å². The summed E-state index contributed by atoms with van der Waals surface area (Å²) in [6.45, 7) is 27.4. The number of anilines is 6. The lowest BCUT2D eigenvalue weighted by atomic mass is 9.31. The topological polar surface area (TPSA) is 16.3 Å². The van der Waals surface area contributed by atoms with E-state index in [1.165, 1.54) is 16.3 Å². The van der Waals surface area contributed by atoms with Gasteiger partial charge in [0.2, 0.25) is 6.71 Å². The van der Waals surface area contributed by atoms with Crippen molar-refractivity contribution in [3.8, 4) is 78.1 Å². The van der Waals surface area contributed by atoms with Gasteiger partial charge < -0.3 is 18.9 Å². The Hall–Kier alpha value is -12.8. The summed E-state index contributed by atoms with van der Waals surface area (Å²) in [7, 11) is 0. The van der Waals surface area contributed by atoms with Gasteiger partial charge in [0.25, 0.3) is 6.71 Å². The van der Waals surface area contributed by atoms with Gasteiger partial charge in [0.05, 0.1) is 67.9 Å². The standard InChI is InChI=1S/C116H100B2N4S/c1-112(2,3)79-51-56-97-91(61-79)92-62-80(113(4,5)6)52-57-98(92)119(97)84-53-54-93-100(69-84)121(107-86(73-39-26-18-27-40-73)63-81(114(7,8)9)64-87(107)74-41-28-19-29-42-74)101-67-83(116(13,14)15)68-102-105(101)117(93)96-70-103-106-111(110(96)122(102)108-88(75-43-30-20-31-44-75)65-82(115(10,11)12)66-89(108)76-45-32-21-33-46-76)123-104-58-50-78(72-37-24-17-25-38-72)60-95(104)118(106)94-48-34-47-85-90-59-77(71-35-22-16-23-36-71)49-55-99(90)120(103)109(85)94/h16-70H,1-15H3/i16D,17D,22D,23D,24D,25D,34D,35D,36D,37D,38D,47D,48D,49D,51D,52D,53D,54D,55D,56D,57D,59D,61D,62D,69D. The van der Waals surface area contributed by atoms with Crippen molar-refractivity contribution in [2.24, 2.45) is 0 Å². The second kappa shape index (κ2) is 27.9. The Kier molecular flexibility index (Phi) is 12.2. The minimum absolute atomic E-state index is 0.0131. The van der Waals surface area contributed by atoms with E-state index in [2.05, 4.69) is 133 Å². The first kappa shape index (κ1) is 53.9. The summed E-state index contributed by atoms with van der Waals surface area (Å²) in [6, 6.07) is 45.4. The van der Waals surface area contributed by atoms with Crippen LogP contribution >= 0.6 is 11.8 Å². The van der Waals surface area contributed by atoms with E-state index in [0.29, 0.717) is 71.2 Å². The van der Waals surface area contributed by atoms with Crippen LogP contribution in [0.25, 0.3) is 122 Å². The fraction of sp³-hybridized carbons (Fsp3) is 0.172. The molecule has 18 aromatic rings. The molecule has 2 aromatic heterocycles. The van der Waals surface area contributed by atoms with Gasteiger partial charge in [0.1, 0.15) is 0 Å². The summed E-state index contributed by atoms with van der Waals surface area (Å²) in [5.41, 5.74) is 6.57. The first-order valence-corrected chi connectivity index (χ1v) is 42.8. The van der Waals surface area contributed by atoms with Crippen molar-refractivity contribution in [3.63, 3.8) is 0 Å². The quantitative estimate of drug-likeness (QED) is 0.134. The molecule has 4 aliphatic heterocycles. The molecule has 22 rings (SSSR count). The molecular formula is C116H100B2N4S. The fourth-order valence-electron chi connectivity index (χ4n) is 18.6. The van der Waals surface area contributed by atoms with Crippen LogP contribution in [0.2, 0.25) is 0 Å². The van der Waals surface area contributed by atoms with Crippen molar-refractivity contribution in [2.45, 2.75) is 141 Å². The van der Waals surface area contributed by atoms with Crippen molar-refractivity contribution in [2.75, 3.05) is 9.80 Å². The lowest BCUT2D eigenvalue weighted by Gasteiger charge is -2.48. The van der Waals surface area contributed by atoms with E-state index in [1.807, 2.05) is 145 Å². The largest absolute Gasteiger partial charge is 0.310 e. The first-order valence-electron chi connectivity index (χ1n) is 54.5. The number of hydrogen-bond acceptors (Lipinski definition) is 3. The molecule has 0 spiro atoms. The zero-order valence-electron chi connectivity index (χ0n) is 96.2. The number of rotatable bonds is 9.